The maximum absolute atomic E-state index is 13.8. The van der Waals surface area contributed by atoms with E-state index in [9.17, 15) is 14.7 Å². The molecule has 0 bridgehead atoms. The molecule has 200 valence electrons. The summed E-state index contributed by atoms with van der Waals surface area (Å²) in [4.78, 5) is 28.6. The molecule has 1 unspecified atom stereocenters. The lowest BCUT2D eigenvalue weighted by molar-refractivity contribution is -0.117. The van der Waals surface area contributed by atoms with E-state index in [1.807, 2.05) is 36.4 Å². The number of amides is 1. The number of ketones is 1. The van der Waals surface area contributed by atoms with Crippen molar-refractivity contribution < 1.29 is 23.8 Å². The minimum atomic E-state index is -0.988. The van der Waals surface area contributed by atoms with E-state index in [0.717, 1.165) is 10.9 Å². The summed E-state index contributed by atoms with van der Waals surface area (Å²) in [5, 5.41) is 21.2. The van der Waals surface area contributed by atoms with Crippen molar-refractivity contribution in [2.75, 3.05) is 12.0 Å². The van der Waals surface area contributed by atoms with Crippen molar-refractivity contribution in [2.45, 2.75) is 16.1 Å². The molecule has 0 saturated heterocycles. The van der Waals surface area contributed by atoms with Gasteiger partial charge in [0.2, 0.25) is 10.9 Å². The summed E-state index contributed by atoms with van der Waals surface area (Å²) >= 11 is 8.89. The quantitative estimate of drug-likeness (QED) is 0.117. The molecule has 0 spiro atoms. The van der Waals surface area contributed by atoms with Gasteiger partial charge in [-0.15, -0.1) is 10.2 Å². The molecule has 11 heteroatoms. The molecule has 0 saturated carbocycles. The number of benzene rings is 3. The van der Waals surface area contributed by atoms with Gasteiger partial charge < -0.3 is 14.3 Å². The number of methoxy groups -OCH3 is 1. The highest BCUT2D eigenvalue weighted by Crippen LogP contribution is 2.45. The number of furan rings is 1. The van der Waals surface area contributed by atoms with Gasteiger partial charge in [0.15, 0.2) is 15.9 Å². The number of carbonyl (C=O) groups is 2. The van der Waals surface area contributed by atoms with Crippen molar-refractivity contribution in [1.82, 2.24) is 10.2 Å². The van der Waals surface area contributed by atoms with E-state index in [1.54, 1.807) is 42.5 Å². The van der Waals surface area contributed by atoms with Crippen molar-refractivity contribution in [3.8, 4) is 5.75 Å². The van der Waals surface area contributed by atoms with Crippen LogP contribution in [0.25, 0.3) is 11.0 Å². The van der Waals surface area contributed by atoms with E-state index in [2.05, 4.69) is 10.2 Å². The summed E-state index contributed by atoms with van der Waals surface area (Å²) in [6, 6.07) is 22.3. The van der Waals surface area contributed by atoms with Gasteiger partial charge in [-0.1, -0.05) is 83.2 Å². The predicted molar refractivity (Wildman–Crippen MR) is 154 cm³/mol. The van der Waals surface area contributed by atoms with Crippen LogP contribution in [0.1, 0.15) is 27.7 Å². The van der Waals surface area contributed by atoms with Gasteiger partial charge in [0.25, 0.3) is 5.91 Å². The minimum absolute atomic E-state index is 0.0125. The van der Waals surface area contributed by atoms with Crippen molar-refractivity contribution in [2.24, 2.45) is 0 Å². The summed E-state index contributed by atoms with van der Waals surface area (Å²) in [5.41, 5.74) is 1.90. The number of anilines is 1. The molecule has 1 N–H and O–H groups in total. The molecule has 3 heterocycles. The van der Waals surface area contributed by atoms with Crippen LogP contribution in [0.2, 0.25) is 5.02 Å². The number of hydrogen-bond donors (Lipinski definition) is 1. The van der Waals surface area contributed by atoms with Crippen LogP contribution in [0, 0.1) is 0 Å². The summed E-state index contributed by atoms with van der Waals surface area (Å²) in [7, 11) is 1.53. The number of halogens is 1. The number of carbonyl (C=O) groups excluding carboxylic acids is 2. The second kappa shape index (κ2) is 10.8. The second-order valence-electron chi connectivity index (χ2n) is 8.82. The van der Waals surface area contributed by atoms with Gasteiger partial charge in [0.1, 0.15) is 11.3 Å². The molecule has 0 aliphatic carbocycles. The number of Topliss-reactive ketones (excluding diaryl/α,β-unsaturated/α-hetero) is 1. The van der Waals surface area contributed by atoms with E-state index >= 15 is 0 Å². The molecule has 3 aromatic carbocycles. The van der Waals surface area contributed by atoms with E-state index in [4.69, 9.17) is 20.8 Å². The van der Waals surface area contributed by atoms with Crippen LogP contribution < -0.4 is 9.64 Å². The first-order valence-corrected chi connectivity index (χ1v) is 14.3. The second-order valence-corrected chi connectivity index (χ2v) is 11.4. The first-order chi connectivity index (χ1) is 19.4. The maximum Gasteiger partial charge on any atom is 0.296 e. The summed E-state index contributed by atoms with van der Waals surface area (Å²) in [6.45, 7) is 0. The van der Waals surface area contributed by atoms with Crippen LogP contribution in [-0.2, 0) is 10.5 Å². The zero-order valence-corrected chi connectivity index (χ0v) is 23.3. The van der Waals surface area contributed by atoms with E-state index in [1.165, 1.54) is 35.1 Å². The zero-order chi connectivity index (χ0) is 27.8. The number of thioether (sulfide) groups is 1. The number of aromatic nitrogens is 2. The number of rotatable bonds is 8. The molecule has 0 fully saturated rings. The summed E-state index contributed by atoms with van der Waals surface area (Å²) in [6.07, 6.45) is 0. The Kier molecular flexibility index (Phi) is 7.05. The maximum atomic E-state index is 13.8. The highest BCUT2D eigenvalue weighted by molar-refractivity contribution is 8.00. The monoisotopic (exact) mass is 589 g/mol. The first-order valence-electron chi connectivity index (χ1n) is 12.1. The number of hydrogen-bond acceptors (Lipinski definition) is 9. The average Bonchev–Trinajstić information content (AvgIpc) is 3.69. The van der Waals surface area contributed by atoms with Gasteiger partial charge in [-0.3, -0.25) is 14.5 Å². The number of aliphatic hydroxyl groups is 1. The number of fused-ring (bicyclic) bond motifs is 1. The van der Waals surface area contributed by atoms with Crippen molar-refractivity contribution in [3.05, 3.63) is 112 Å². The van der Waals surface area contributed by atoms with Crippen LogP contribution in [0.4, 0.5) is 5.13 Å². The third kappa shape index (κ3) is 4.74. The third-order valence-corrected chi connectivity index (χ3v) is 8.90. The van der Waals surface area contributed by atoms with Crippen molar-refractivity contribution in [3.63, 3.8) is 0 Å². The summed E-state index contributed by atoms with van der Waals surface area (Å²) < 4.78 is 11.8. The van der Waals surface area contributed by atoms with E-state index in [-0.39, 0.29) is 16.5 Å². The molecule has 40 heavy (non-hydrogen) atoms. The van der Waals surface area contributed by atoms with Crippen LogP contribution in [-0.4, -0.2) is 34.1 Å². The van der Waals surface area contributed by atoms with Gasteiger partial charge in [-0.2, -0.15) is 0 Å². The Morgan fingerprint density at radius 1 is 1.10 bits per heavy atom. The number of nitrogens with zero attached hydrogens (tertiary/aromatic N) is 3. The molecule has 1 aliphatic rings. The Bertz CT molecular complexity index is 1760. The largest absolute Gasteiger partial charge is 0.503 e. The predicted octanol–water partition coefficient (Wildman–Crippen LogP) is 7.02. The molecule has 1 aliphatic heterocycles. The third-order valence-electron chi connectivity index (χ3n) is 6.42. The number of aliphatic hydroxyl groups excluding tert-OH is 1. The van der Waals surface area contributed by atoms with Gasteiger partial charge >= 0.3 is 0 Å². The first kappa shape index (κ1) is 26.1. The lowest BCUT2D eigenvalue weighted by Gasteiger charge is -2.24. The molecule has 0 radical (unpaired) electrons. The molecular formula is C29H20ClN3O5S2. The highest BCUT2D eigenvalue weighted by atomic mass is 35.5. The van der Waals surface area contributed by atoms with Crippen LogP contribution in [0.5, 0.6) is 5.75 Å². The lowest BCUT2D eigenvalue weighted by atomic mass is 9.95. The Morgan fingerprint density at radius 2 is 1.90 bits per heavy atom. The smallest absolute Gasteiger partial charge is 0.296 e. The Balaban J connectivity index is 1.38. The minimum Gasteiger partial charge on any atom is -0.503 e. The molecule has 8 nitrogen and oxygen atoms in total. The van der Waals surface area contributed by atoms with Crippen LogP contribution in [0.15, 0.2) is 99.0 Å². The fraction of sp³-hybridized carbons (Fsp3) is 0.103. The normalized spacial score (nSPS) is 15.3. The van der Waals surface area contributed by atoms with Gasteiger partial charge in [0.05, 0.1) is 18.7 Å². The molecule has 1 amide bonds. The van der Waals surface area contributed by atoms with Gasteiger partial charge in [0, 0.05) is 16.2 Å². The van der Waals surface area contributed by atoms with Crippen LogP contribution in [0.3, 0.4) is 0 Å². The molecule has 6 rings (SSSR count). The van der Waals surface area contributed by atoms with Crippen molar-refractivity contribution in [1.29, 1.82) is 0 Å². The highest BCUT2D eigenvalue weighted by Gasteiger charge is 2.47. The molecule has 2 aromatic heterocycles. The molecule has 5 aromatic rings. The van der Waals surface area contributed by atoms with Gasteiger partial charge in [-0.05, 0) is 41.5 Å². The van der Waals surface area contributed by atoms with Crippen molar-refractivity contribution >= 4 is 62.5 Å². The average molecular weight is 590 g/mol. The number of ether oxygens (including phenoxy) is 1. The number of para-hydroxylation sites is 1. The molecular weight excluding hydrogens is 570 g/mol. The molecule has 1 atom stereocenters. The van der Waals surface area contributed by atoms with E-state index in [0.29, 0.717) is 32.0 Å². The standard InChI is InChI=1S/C29H20ClN3O5S2/c1-37-19-10-6-9-17(13-19)24-23(25(34)22-14-16-7-3-5-12-21(16)38-22)26(35)27(36)33(24)28-31-32-29(40-28)39-15-18-8-2-4-11-20(18)30/h2-14,24,35H,15H2,1H3. The Morgan fingerprint density at radius 3 is 2.70 bits per heavy atom. The Hall–Kier alpha value is -4.12. The zero-order valence-electron chi connectivity index (χ0n) is 20.9. The SMILES string of the molecule is COc1cccc(C2C(C(=O)c3cc4ccccc4o3)=C(O)C(=O)N2c2nnc(SCc3ccccc3Cl)s2)c1. The van der Waals surface area contributed by atoms with Gasteiger partial charge in [-0.25, -0.2) is 0 Å². The van der Waals surface area contributed by atoms with Crippen LogP contribution >= 0.6 is 34.7 Å². The Labute approximate surface area is 241 Å². The van der Waals surface area contributed by atoms with E-state index < -0.39 is 23.5 Å². The fourth-order valence-corrected chi connectivity index (χ4v) is 6.65. The topological polar surface area (TPSA) is 106 Å². The fourth-order valence-electron chi connectivity index (χ4n) is 4.50. The lowest BCUT2D eigenvalue weighted by Crippen LogP contribution is -2.31. The summed E-state index contributed by atoms with van der Waals surface area (Å²) in [5.74, 6) is -0.931.